The fraction of sp³-hybridized carbons (Fsp3) is 0.0667. The monoisotopic (exact) mass is 317 g/mol. The second-order valence-electron chi connectivity index (χ2n) is 4.63. The maximum absolute atomic E-state index is 12.3. The number of aromatic nitrogens is 1. The highest BCUT2D eigenvalue weighted by molar-refractivity contribution is 7.22. The SMILES string of the molecule is Cc1ccccc1C(=O)Nc1cc(Cl)c2nc(N)sc2c1. The molecule has 0 atom stereocenters. The topological polar surface area (TPSA) is 68.0 Å². The van der Waals surface area contributed by atoms with Crippen LogP contribution in [0.1, 0.15) is 15.9 Å². The quantitative estimate of drug-likeness (QED) is 0.748. The minimum Gasteiger partial charge on any atom is -0.375 e. The predicted molar refractivity (Wildman–Crippen MR) is 88.2 cm³/mol. The van der Waals surface area contributed by atoms with E-state index in [4.69, 9.17) is 17.3 Å². The normalized spacial score (nSPS) is 10.8. The number of carbonyl (C=O) groups is 1. The minimum absolute atomic E-state index is 0.166. The summed E-state index contributed by atoms with van der Waals surface area (Å²) in [5, 5.41) is 3.78. The number of thiazole rings is 1. The number of rotatable bonds is 2. The molecule has 3 N–H and O–H groups in total. The molecule has 1 amide bonds. The first-order valence-corrected chi connectivity index (χ1v) is 7.46. The van der Waals surface area contributed by atoms with Crippen LogP contribution in [0.2, 0.25) is 5.02 Å². The van der Waals surface area contributed by atoms with Crippen LogP contribution in [0.4, 0.5) is 10.8 Å². The number of aryl methyl sites for hydroxylation is 1. The fourth-order valence-electron chi connectivity index (χ4n) is 2.10. The van der Waals surface area contributed by atoms with Crippen LogP contribution >= 0.6 is 22.9 Å². The molecule has 6 heteroatoms. The number of nitrogens with one attached hydrogen (secondary N) is 1. The van der Waals surface area contributed by atoms with Gasteiger partial charge in [-0.3, -0.25) is 4.79 Å². The second kappa shape index (κ2) is 5.35. The van der Waals surface area contributed by atoms with Gasteiger partial charge >= 0.3 is 0 Å². The minimum atomic E-state index is -0.166. The Labute approximate surface area is 130 Å². The molecule has 0 saturated heterocycles. The van der Waals surface area contributed by atoms with Crippen molar-refractivity contribution in [3.8, 4) is 0 Å². The van der Waals surface area contributed by atoms with Gasteiger partial charge in [-0.25, -0.2) is 4.98 Å². The van der Waals surface area contributed by atoms with Crippen molar-refractivity contribution in [3.05, 3.63) is 52.5 Å². The summed E-state index contributed by atoms with van der Waals surface area (Å²) >= 11 is 7.51. The molecule has 0 fully saturated rings. The van der Waals surface area contributed by atoms with Crippen LogP contribution in [-0.2, 0) is 0 Å². The van der Waals surface area contributed by atoms with E-state index in [-0.39, 0.29) is 5.91 Å². The van der Waals surface area contributed by atoms with Gasteiger partial charge in [-0.15, -0.1) is 0 Å². The highest BCUT2D eigenvalue weighted by Gasteiger charge is 2.12. The molecule has 0 bridgehead atoms. The number of fused-ring (bicyclic) bond motifs is 1. The summed E-state index contributed by atoms with van der Waals surface area (Å²) in [6, 6.07) is 10.9. The van der Waals surface area contributed by atoms with Gasteiger partial charge in [0.05, 0.1) is 9.72 Å². The van der Waals surface area contributed by atoms with Crippen LogP contribution in [-0.4, -0.2) is 10.9 Å². The van der Waals surface area contributed by atoms with E-state index >= 15 is 0 Å². The van der Waals surface area contributed by atoms with Crippen molar-refractivity contribution in [2.45, 2.75) is 6.92 Å². The first-order chi connectivity index (χ1) is 10.0. The fourth-order valence-corrected chi connectivity index (χ4v) is 3.22. The first kappa shape index (κ1) is 13.9. The number of carbonyl (C=O) groups excluding carboxylic acids is 1. The van der Waals surface area contributed by atoms with E-state index in [9.17, 15) is 4.79 Å². The van der Waals surface area contributed by atoms with Crippen molar-refractivity contribution in [1.82, 2.24) is 4.98 Å². The molecule has 21 heavy (non-hydrogen) atoms. The zero-order valence-corrected chi connectivity index (χ0v) is 12.8. The zero-order valence-electron chi connectivity index (χ0n) is 11.2. The molecule has 106 valence electrons. The first-order valence-electron chi connectivity index (χ1n) is 6.27. The molecule has 2 aromatic carbocycles. The Bertz CT molecular complexity index is 844. The number of hydrogen-bond donors (Lipinski definition) is 2. The Morgan fingerprint density at radius 1 is 1.33 bits per heavy atom. The van der Waals surface area contributed by atoms with Gasteiger partial charge in [0.1, 0.15) is 5.52 Å². The molecule has 1 aromatic heterocycles. The van der Waals surface area contributed by atoms with E-state index in [2.05, 4.69) is 10.3 Å². The Balaban J connectivity index is 1.95. The van der Waals surface area contributed by atoms with Crippen molar-refractivity contribution in [1.29, 1.82) is 0 Å². The van der Waals surface area contributed by atoms with E-state index in [1.54, 1.807) is 12.1 Å². The third-order valence-corrected chi connectivity index (χ3v) is 4.23. The molecule has 0 spiro atoms. The molecule has 0 aliphatic carbocycles. The molecule has 0 aliphatic heterocycles. The van der Waals surface area contributed by atoms with Crippen LogP contribution < -0.4 is 11.1 Å². The van der Waals surface area contributed by atoms with Gasteiger partial charge in [0, 0.05) is 11.3 Å². The van der Waals surface area contributed by atoms with Gasteiger partial charge in [-0.1, -0.05) is 41.1 Å². The standard InChI is InChI=1S/C15H12ClN3OS/c1-8-4-2-3-5-10(8)14(20)18-9-6-11(16)13-12(7-9)21-15(17)19-13/h2-7H,1H3,(H2,17,19)(H,18,20). The van der Waals surface area contributed by atoms with Crippen molar-refractivity contribution in [2.24, 2.45) is 0 Å². The van der Waals surface area contributed by atoms with E-state index in [1.165, 1.54) is 11.3 Å². The Hall–Kier alpha value is -2.11. The lowest BCUT2D eigenvalue weighted by molar-refractivity contribution is 0.102. The van der Waals surface area contributed by atoms with Gasteiger partial charge in [-0.05, 0) is 30.7 Å². The van der Waals surface area contributed by atoms with Crippen LogP contribution in [0, 0.1) is 6.92 Å². The lowest BCUT2D eigenvalue weighted by Crippen LogP contribution is -2.13. The molecule has 0 aliphatic rings. The number of anilines is 2. The Morgan fingerprint density at radius 2 is 2.10 bits per heavy atom. The van der Waals surface area contributed by atoms with E-state index in [1.807, 2.05) is 31.2 Å². The van der Waals surface area contributed by atoms with E-state index in [0.29, 0.717) is 26.9 Å². The third kappa shape index (κ3) is 2.70. The van der Waals surface area contributed by atoms with Crippen LogP contribution in [0.15, 0.2) is 36.4 Å². The maximum atomic E-state index is 12.3. The lowest BCUT2D eigenvalue weighted by Gasteiger charge is -2.08. The number of nitrogens with two attached hydrogens (primary N) is 1. The van der Waals surface area contributed by atoms with Crippen LogP contribution in [0.3, 0.4) is 0 Å². The summed E-state index contributed by atoms with van der Waals surface area (Å²) in [4.78, 5) is 16.5. The number of nitrogens with zero attached hydrogens (tertiary/aromatic N) is 1. The van der Waals surface area contributed by atoms with Crippen LogP contribution in [0.5, 0.6) is 0 Å². The summed E-state index contributed by atoms with van der Waals surface area (Å²) in [5.41, 5.74) is 8.53. The molecule has 0 saturated carbocycles. The highest BCUT2D eigenvalue weighted by Crippen LogP contribution is 2.32. The summed E-state index contributed by atoms with van der Waals surface area (Å²) in [7, 11) is 0. The third-order valence-electron chi connectivity index (χ3n) is 3.11. The Morgan fingerprint density at radius 3 is 2.86 bits per heavy atom. The molecule has 3 rings (SSSR count). The smallest absolute Gasteiger partial charge is 0.255 e. The summed E-state index contributed by atoms with van der Waals surface area (Å²) < 4.78 is 0.847. The summed E-state index contributed by atoms with van der Waals surface area (Å²) in [6.07, 6.45) is 0. The molecule has 0 unspecified atom stereocenters. The number of nitrogen functional groups attached to an aromatic ring is 1. The van der Waals surface area contributed by atoms with Gasteiger partial charge in [0.25, 0.3) is 5.91 Å². The number of benzene rings is 2. The summed E-state index contributed by atoms with van der Waals surface area (Å²) in [5.74, 6) is -0.166. The molecule has 3 aromatic rings. The molecular weight excluding hydrogens is 306 g/mol. The van der Waals surface area contributed by atoms with Gasteiger partial charge in [0.2, 0.25) is 0 Å². The maximum Gasteiger partial charge on any atom is 0.255 e. The number of amides is 1. The van der Waals surface area contributed by atoms with Crippen molar-refractivity contribution in [3.63, 3.8) is 0 Å². The van der Waals surface area contributed by atoms with Gasteiger partial charge < -0.3 is 11.1 Å². The number of halogens is 1. The van der Waals surface area contributed by atoms with Gasteiger partial charge in [-0.2, -0.15) is 0 Å². The summed E-state index contributed by atoms with van der Waals surface area (Å²) in [6.45, 7) is 1.90. The van der Waals surface area contributed by atoms with Crippen LogP contribution in [0.25, 0.3) is 10.2 Å². The molecule has 1 heterocycles. The highest BCUT2D eigenvalue weighted by atomic mass is 35.5. The average molecular weight is 318 g/mol. The predicted octanol–water partition coefficient (Wildman–Crippen LogP) is 4.09. The van der Waals surface area contributed by atoms with Crippen molar-refractivity contribution >= 4 is 49.9 Å². The lowest BCUT2D eigenvalue weighted by atomic mass is 10.1. The van der Waals surface area contributed by atoms with Crippen molar-refractivity contribution < 1.29 is 4.79 Å². The average Bonchev–Trinajstić information content (AvgIpc) is 2.80. The number of hydrogen-bond acceptors (Lipinski definition) is 4. The second-order valence-corrected chi connectivity index (χ2v) is 6.10. The molecule has 0 radical (unpaired) electrons. The molecular formula is C15H12ClN3OS. The Kier molecular flexibility index (Phi) is 3.53. The van der Waals surface area contributed by atoms with E-state index < -0.39 is 0 Å². The largest absolute Gasteiger partial charge is 0.375 e. The zero-order chi connectivity index (χ0) is 15.0. The van der Waals surface area contributed by atoms with Gasteiger partial charge in [0.15, 0.2) is 5.13 Å². The van der Waals surface area contributed by atoms with Crippen molar-refractivity contribution in [2.75, 3.05) is 11.1 Å². The molecule has 4 nitrogen and oxygen atoms in total. The van der Waals surface area contributed by atoms with E-state index in [0.717, 1.165) is 10.3 Å².